The summed E-state index contributed by atoms with van der Waals surface area (Å²) in [5.74, 6) is 0.588. The summed E-state index contributed by atoms with van der Waals surface area (Å²) in [6.07, 6.45) is 7.65. The van der Waals surface area contributed by atoms with Crippen LogP contribution in [0.15, 0.2) is 29.5 Å². The number of nitrogens with zero attached hydrogens (tertiary/aromatic N) is 4. The van der Waals surface area contributed by atoms with Gasteiger partial charge in [0.05, 0.1) is 6.54 Å². The number of likely N-dealkylation sites (tertiary alicyclic amines) is 1. The van der Waals surface area contributed by atoms with Gasteiger partial charge in [0.25, 0.3) is 11.5 Å². The van der Waals surface area contributed by atoms with E-state index < -0.39 is 0 Å². The Hall–Kier alpha value is -2.94. The second-order valence-electron chi connectivity index (χ2n) is 7.02. The summed E-state index contributed by atoms with van der Waals surface area (Å²) in [6.45, 7) is 4.46. The van der Waals surface area contributed by atoms with Gasteiger partial charge in [0.2, 0.25) is 0 Å². The van der Waals surface area contributed by atoms with Crippen LogP contribution in [-0.2, 0) is 6.54 Å². The topological polar surface area (TPSA) is 111 Å². The number of fused-ring (bicyclic) bond motifs is 1. The van der Waals surface area contributed by atoms with Crippen molar-refractivity contribution in [3.63, 3.8) is 0 Å². The highest BCUT2D eigenvalue weighted by atomic mass is 16.2. The average Bonchev–Trinajstić information content (AvgIpc) is 3.22. The van der Waals surface area contributed by atoms with Crippen LogP contribution in [-0.4, -0.2) is 54.5 Å². The highest BCUT2D eigenvalue weighted by Crippen LogP contribution is 2.13. The van der Waals surface area contributed by atoms with Crippen LogP contribution in [0, 0.1) is 6.92 Å². The van der Waals surface area contributed by atoms with Crippen LogP contribution in [0.2, 0.25) is 0 Å². The first-order valence-electron chi connectivity index (χ1n) is 9.19. The Morgan fingerprint density at radius 3 is 3.04 bits per heavy atom. The first kappa shape index (κ1) is 17.5. The van der Waals surface area contributed by atoms with Gasteiger partial charge in [-0.05, 0) is 32.7 Å². The summed E-state index contributed by atoms with van der Waals surface area (Å²) in [5, 5.41) is 5.92. The van der Waals surface area contributed by atoms with Crippen molar-refractivity contribution in [3.05, 3.63) is 52.1 Å². The van der Waals surface area contributed by atoms with Crippen LogP contribution < -0.4 is 10.9 Å². The molecule has 27 heavy (non-hydrogen) atoms. The fourth-order valence-corrected chi connectivity index (χ4v) is 3.55. The number of amides is 1. The molecule has 0 radical (unpaired) electrons. The van der Waals surface area contributed by atoms with Crippen LogP contribution in [0.1, 0.15) is 41.1 Å². The van der Waals surface area contributed by atoms with E-state index >= 15 is 0 Å². The Bertz CT molecular complexity index is 989. The predicted octanol–water partition coefficient (Wildman–Crippen LogP) is 0.839. The lowest BCUT2D eigenvalue weighted by Gasteiger charge is -2.19. The summed E-state index contributed by atoms with van der Waals surface area (Å²) >= 11 is 0. The molecule has 1 amide bonds. The molecule has 4 heterocycles. The SMILES string of the molecule is Cc1cc2ncc(C(=O)N[C@@H]3CCCN(Cc4ncc[nH]4)CC3)c(=O)n2[nH]1. The zero-order chi connectivity index (χ0) is 18.8. The molecule has 0 spiro atoms. The van der Waals surface area contributed by atoms with E-state index in [1.165, 1.54) is 10.7 Å². The minimum absolute atomic E-state index is 0.0459. The highest BCUT2D eigenvalue weighted by molar-refractivity contribution is 5.93. The summed E-state index contributed by atoms with van der Waals surface area (Å²) in [6, 6.07) is 1.81. The van der Waals surface area contributed by atoms with E-state index in [-0.39, 0.29) is 23.1 Å². The molecule has 1 fully saturated rings. The van der Waals surface area contributed by atoms with Crippen LogP contribution in [0.3, 0.4) is 0 Å². The predicted molar refractivity (Wildman–Crippen MR) is 99.5 cm³/mol. The van der Waals surface area contributed by atoms with Gasteiger partial charge in [-0.15, -0.1) is 0 Å². The highest BCUT2D eigenvalue weighted by Gasteiger charge is 2.22. The molecule has 0 aliphatic carbocycles. The van der Waals surface area contributed by atoms with Crippen molar-refractivity contribution in [3.8, 4) is 0 Å². The molecule has 9 nitrogen and oxygen atoms in total. The van der Waals surface area contributed by atoms with Crippen molar-refractivity contribution in [2.45, 2.75) is 38.8 Å². The van der Waals surface area contributed by atoms with Crippen LogP contribution in [0.5, 0.6) is 0 Å². The van der Waals surface area contributed by atoms with Crippen LogP contribution in [0.25, 0.3) is 5.65 Å². The first-order valence-corrected chi connectivity index (χ1v) is 9.19. The maximum Gasteiger partial charge on any atom is 0.285 e. The van der Waals surface area contributed by atoms with Gasteiger partial charge in [-0.25, -0.2) is 14.5 Å². The van der Waals surface area contributed by atoms with Gasteiger partial charge in [0.15, 0.2) is 5.65 Å². The molecular weight excluding hydrogens is 346 g/mol. The van der Waals surface area contributed by atoms with Crippen LogP contribution in [0.4, 0.5) is 0 Å². The number of H-pyrrole nitrogens is 2. The minimum atomic E-state index is -0.376. The molecule has 1 aliphatic rings. The second-order valence-corrected chi connectivity index (χ2v) is 7.02. The molecule has 0 bridgehead atoms. The average molecular weight is 369 g/mol. The number of hydrogen-bond acceptors (Lipinski definition) is 5. The number of nitrogens with one attached hydrogen (secondary N) is 3. The molecule has 142 valence electrons. The minimum Gasteiger partial charge on any atom is -0.349 e. The van der Waals surface area contributed by atoms with Crippen molar-refractivity contribution in [2.75, 3.05) is 13.1 Å². The second kappa shape index (κ2) is 7.36. The normalized spacial score (nSPS) is 18.5. The number of carbonyl (C=O) groups is 1. The van der Waals surface area contributed by atoms with Gasteiger partial charge in [0, 0.05) is 42.9 Å². The molecule has 9 heteroatoms. The molecule has 0 unspecified atom stereocenters. The van der Waals surface area contributed by atoms with Gasteiger partial charge in [0.1, 0.15) is 11.4 Å². The Kier molecular flexibility index (Phi) is 4.76. The summed E-state index contributed by atoms with van der Waals surface area (Å²) in [7, 11) is 0. The lowest BCUT2D eigenvalue weighted by Crippen LogP contribution is -2.39. The standard InChI is InChI=1S/C18H23N7O2/c1-12-9-16-21-10-14(18(27)25(16)23-12)17(26)22-13-3-2-7-24(8-4-13)11-15-19-5-6-20-15/h5-6,9-10,13,23H,2-4,7-8,11H2,1H3,(H,19,20)(H,22,26)/t13-/m1/s1. The van der Waals surface area contributed by atoms with E-state index in [1.54, 1.807) is 12.3 Å². The third kappa shape index (κ3) is 3.77. The fraction of sp³-hybridized carbons (Fsp3) is 0.444. The van der Waals surface area contributed by atoms with Crippen molar-refractivity contribution >= 4 is 11.6 Å². The Balaban J connectivity index is 1.41. The van der Waals surface area contributed by atoms with E-state index in [4.69, 9.17) is 0 Å². The van der Waals surface area contributed by atoms with Gasteiger partial charge < -0.3 is 10.3 Å². The zero-order valence-corrected chi connectivity index (χ0v) is 15.2. The van der Waals surface area contributed by atoms with E-state index in [1.807, 2.05) is 13.1 Å². The quantitative estimate of drug-likeness (QED) is 0.631. The number of hydrogen-bond donors (Lipinski definition) is 3. The Morgan fingerprint density at radius 2 is 2.22 bits per heavy atom. The van der Waals surface area contributed by atoms with Crippen LogP contribution >= 0.6 is 0 Å². The van der Waals surface area contributed by atoms with E-state index in [0.717, 1.165) is 50.4 Å². The molecule has 3 aromatic rings. The van der Waals surface area contributed by atoms with Crippen molar-refractivity contribution in [1.82, 2.24) is 34.8 Å². The number of aromatic nitrogens is 5. The molecule has 1 saturated heterocycles. The first-order chi connectivity index (χ1) is 13.1. The smallest absolute Gasteiger partial charge is 0.285 e. The Morgan fingerprint density at radius 1 is 1.33 bits per heavy atom. The maximum atomic E-state index is 12.6. The van der Waals surface area contributed by atoms with E-state index in [0.29, 0.717) is 5.65 Å². The van der Waals surface area contributed by atoms with Gasteiger partial charge in [-0.2, -0.15) is 0 Å². The molecule has 4 rings (SSSR count). The molecular formula is C18H23N7O2. The Labute approximate surface area is 155 Å². The van der Waals surface area contributed by atoms with E-state index in [2.05, 4.69) is 30.3 Å². The lowest BCUT2D eigenvalue weighted by atomic mass is 10.1. The summed E-state index contributed by atoms with van der Waals surface area (Å²) in [5.41, 5.74) is 1.01. The number of rotatable bonds is 4. The van der Waals surface area contributed by atoms with Gasteiger partial charge in [-0.3, -0.25) is 19.6 Å². The third-order valence-corrected chi connectivity index (χ3v) is 4.95. The summed E-state index contributed by atoms with van der Waals surface area (Å²) < 4.78 is 1.31. The zero-order valence-electron chi connectivity index (χ0n) is 15.2. The number of aryl methyl sites for hydroxylation is 1. The lowest BCUT2D eigenvalue weighted by molar-refractivity contribution is 0.0931. The van der Waals surface area contributed by atoms with Gasteiger partial charge in [-0.1, -0.05) is 0 Å². The molecule has 1 atom stereocenters. The maximum absolute atomic E-state index is 12.6. The molecule has 0 saturated carbocycles. The largest absolute Gasteiger partial charge is 0.349 e. The molecule has 0 aromatic carbocycles. The third-order valence-electron chi connectivity index (χ3n) is 4.95. The number of carbonyl (C=O) groups excluding carboxylic acids is 1. The molecule has 3 N–H and O–H groups in total. The monoisotopic (exact) mass is 369 g/mol. The van der Waals surface area contributed by atoms with Crippen molar-refractivity contribution in [2.24, 2.45) is 0 Å². The van der Waals surface area contributed by atoms with Crippen molar-refractivity contribution in [1.29, 1.82) is 0 Å². The number of aromatic amines is 2. The molecule has 3 aromatic heterocycles. The fourth-order valence-electron chi connectivity index (χ4n) is 3.55. The number of imidazole rings is 1. The van der Waals surface area contributed by atoms with Gasteiger partial charge >= 0.3 is 0 Å². The van der Waals surface area contributed by atoms with E-state index in [9.17, 15) is 9.59 Å². The molecule has 1 aliphatic heterocycles. The summed E-state index contributed by atoms with van der Waals surface area (Å²) in [4.78, 5) is 39.1. The van der Waals surface area contributed by atoms with Crippen molar-refractivity contribution < 1.29 is 4.79 Å².